The molecule has 0 aliphatic rings. The molecule has 34 heavy (non-hydrogen) atoms. The maximum atomic E-state index is 9.60. The molecule has 1 aromatic carbocycles. The van der Waals surface area contributed by atoms with E-state index < -0.39 is 8.60 Å². The van der Waals surface area contributed by atoms with Crippen molar-refractivity contribution in [3.8, 4) is 5.75 Å². The molecule has 2 N–H and O–H groups in total. The highest BCUT2D eigenvalue weighted by atomic mass is 31.2. The highest BCUT2D eigenvalue weighted by Crippen LogP contribution is 2.37. The Kier molecular flexibility index (Phi) is 18.1. The summed E-state index contributed by atoms with van der Waals surface area (Å²) in [7, 11) is -2.39. The fraction of sp³-hybridized carbons (Fsp3) is 0.800. The maximum Gasteiger partial charge on any atom is 0.391 e. The van der Waals surface area contributed by atoms with Gasteiger partial charge in [-0.3, -0.25) is 0 Å². The van der Waals surface area contributed by atoms with Crippen LogP contribution in [0.1, 0.15) is 141 Å². The minimum Gasteiger partial charge on any atom is -0.427 e. The van der Waals surface area contributed by atoms with Gasteiger partial charge in [0.1, 0.15) is 5.75 Å². The average molecular weight is 495 g/mol. The summed E-state index contributed by atoms with van der Waals surface area (Å²) in [6, 6.07) is 4.20. The number of unbranched alkanes of at least 4 members (excludes halogenated alkanes) is 9. The van der Waals surface area contributed by atoms with Crippen molar-refractivity contribution in [2.75, 3.05) is 0 Å². The van der Waals surface area contributed by atoms with Gasteiger partial charge in [-0.2, -0.15) is 0 Å². The van der Waals surface area contributed by atoms with Gasteiger partial charge < -0.3 is 14.3 Å². The monoisotopic (exact) mass is 494 g/mol. The Morgan fingerprint density at radius 1 is 0.647 bits per heavy atom. The van der Waals surface area contributed by atoms with Crippen LogP contribution < -0.4 is 4.52 Å². The largest absolute Gasteiger partial charge is 0.427 e. The number of rotatable bonds is 21. The lowest BCUT2D eigenvalue weighted by Crippen LogP contribution is -2.05. The maximum absolute atomic E-state index is 9.60. The third-order valence-corrected chi connectivity index (χ3v) is 7.24. The molecule has 0 aliphatic carbocycles. The minimum atomic E-state index is -2.39. The van der Waals surface area contributed by atoms with Gasteiger partial charge in [0.25, 0.3) is 0 Å². The lowest BCUT2D eigenvalue weighted by molar-refractivity contribution is 0.372. The molecule has 1 aromatic rings. The van der Waals surface area contributed by atoms with Crippen LogP contribution in [0.3, 0.4) is 0 Å². The van der Waals surface area contributed by atoms with E-state index in [0.717, 1.165) is 37.5 Å². The van der Waals surface area contributed by atoms with Crippen LogP contribution in [0.4, 0.5) is 0 Å². The van der Waals surface area contributed by atoms with Crippen LogP contribution in [0, 0.1) is 11.8 Å². The molecule has 0 aliphatic heterocycles. The second-order valence-corrected chi connectivity index (χ2v) is 11.7. The van der Waals surface area contributed by atoms with Crippen molar-refractivity contribution in [2.45, 2.75) is 144 Å². The lowest BCUT2D eigenvalue weighted by atomic mass is 9.89. The molecule has 4 heteroatoms. The highest BCUT2D eigenvalue weighted by Gasteiger charge is 2.17. The average Bonchev–Trinajstić information content (AvgIpc) is 2.77. The van der Waals surface area contributed by atoms with Gasteiger partial charge >= 0.3 is 8.60 Å². The Morgan fingerprint density at radius 2 is 1.15 bits per heavy atom. The Bertz CT molecular complexity index is 628. The third kappa shape index (κ3) is 14.7. The predicted molar refractivity (Wildman–Crippen MR) is 150 cm³/mol. The first-order valence-corrected chi connectivity index (χ1v) is 15.5. The number of benzene rings is 1. The number of aryl methyl sites for hydroxylation is 1. The van der Waals surface area contributed by atoms with Crippen molar-refractivity contribution in [1.82, 2.24) is 0 Å². The molecule has 0 spiro atoms. The van der Waals surface area contributed by atoms with Gasteiger partial charge in [-0.15, -0.1) is 0 Å². The van der Waals surface area contributed by atoms with E-state index in [1.54, 1.807) is 0 Å². The van der Waals surface area contributed by atoms with Crippen LogP contribution in [-0.4, -0.2) is 9.79 Å². The molecule has 0 aromatic heterocycles. The Labute approximate surface area is 213 Å². The van der Waals surface area contributed by atoms with E-state index in [4.69, 9.17) is 4.52 Å². The van der Waals surface area contributed by atoms with Gasteiger partial charge in [-0.1, -0.05) is 111 Å². The zero-order valence-corrected chi connectivity index (χ0v) is 24.0. The molecular formula is C30H55O3P. The van der Waals surface area contributed by atoms with Crippen molar-refractivity contribution in [1.29, 1.82) is 0 Å². The molecule has 0 atom stereocenters. The first-order chi connectivity index (χ1) is 16.3. The van der Waals surface area contributed by atoms with E-state index in [9.17, 15) is 9.79 Å². The molecule has 198 valence electrons. The summed E-state index contributed by atoms with van der Waals surface area (Å²) in [6.07, 6.45) is 21.0. The third-order valence-electron chi connectivity index (χ3n) is 6.88. The molecule has 0 radical (unpaired) electrons. The van der Waals surface area contributed by atoms with Gasteiger partial charge in [0, 0.05) is 0 Å². The van der Waals surface area contributed by atoms with E-state index in [2.05, 4.69) is 40.7 Å². The molecule has 0 saturated carbocycles. The van der Waals surface area contributed by atoms with E-state index >= 15 is 0 Å². The summed E-state index contributed by atoms with van der Waals surface area (Å²) >= 11 is 0. The van der Waals surface area contributed by atoms with Gasteiger partial charge in [0.15, 0.2) is 0 Å². The summed E-state index contributed by atoms with van der Waals surface area (Å²) in [5.74, 6) is 2.26. The van der Waals surface area contributed by atoms with Crippen LogP contribution in [0.2, 0.25) is 0 Å². The van der Waals surface area contributed by atoms with Crippen LogP contribution in [0.15, 0.2) is 12.1 Å². The molecule has 0 saturated heterocycles. The molecular weight excluding hydrogens is 439 g/mol. The Hall–Kier alpha value is -0.630. The lowest BCUT2D eigenvalue weighted by Gasteiger charge is -2.20. The SMILES string of the molecule is CCCCCCCCc1c(OP(O)O)ccc(CCCCCC(C)C)c1CCCCCC(C)C. The molecule has 0 unspecified atom stereocenters. The predicted octanol–water partition coefficient (Wildman–Crippen LogP) is 9.70. The van der Waals surface area contributed by atoms with Crippen molar-refractivity contribution < 1.29 is 14.3 Å². The molecule has 0 bridgehead atoms. The molecule has 0 fully saturated rings. The Morgan fingerprint density at radius 3 is 1.71 bits per heavy atom. The highest BCUT2D eigenvalue weighted by molar-refractivity contribution is 7.39. The van der Waals surface area contributed by atoms with Gasteiger partial charge in [0.05, 0.1) is 0 Å². The van der Waals surface area contributed by atoms with Gasteiger partial charge in [0.2, 0.25) is 0 Å². The van der Waals surface area contributed by atoms with E-state index in [1.165, 1.54) is 100 Å². The molecule has 1 rings (SSSR count). The zero-order chi connectivity index (χ0) is 25.2. The van der Waals surface area contributed by atoms with E-state index in [1.807, 2.05) is 6.07 Å². The fourth-order valence-electron chi connectivity index (χ4n) is 4.87. The van der Waals surface area contributed by atoms with Crippen molar-refractivity contribution >= 4 is 8.60 Å². The van der Waals surface area contributed by atoms with Crippen LogP contribution in [0.5, 0.6) is 5.75 Å². The standard InChI is InChI=1S/C30H55O3P/c1-6-7-8-9-10-16-22-29-28(21-17-12-14-19-26(4)5)27(20-15-11-13-18-25(2)3)23-24-30(29)33-34(31)32/h23-26,31-32H,6-22H2,1-5H3. The molecule has 0 heterocycles. The van der Waals surface area contributed by atoms with Crippen LogP contribution in [-0.2, 0) is 19.3 Å². The minimum absolute atomic E-state index is 0.699. The van der Waals surface area contributed by atoms with Gasteiger partial charge in [-0.25, -0.2) is 0 Å². The second-order valence-electron chi connectivity index (χ2n) is 11.0. The number of hydrogen-bond acceptors (Lipinski definition) is 3. The van der Waals surface area contributed by atoms with Gasteiger partial charge in [-0.05, 0) is 73.1 Å². The van der Waals surface area contributed by atoms with Crippen LogP contribution in [0.25, 0.3) is 0 Å². The van der Waals surface area contributed by atoms with E-state index in [0.29, 0.717) is 5.75 Å². The smallest absolute Gasteiger partial charge is 0.391 e. The van der Waals surface area contributed by atoms with E-state index in [-0.39, 0.29) is 0 Å². The fourth-order valence-corrected chi connectivity index (χ4v) is 5.22. The Balaban J connectivity index is 2.94. The summed E-state index contributed by atoms with van der Waals surface area (Å²) < 4.78 is 5.54. The van der Waals surface area contributed by atoms with Crippen molar-refractivity contribution in [2.24, 2.45) is 11.8 Å². The first kappa shape index (κ1) is 31.4. The first-order valence-electron chi connectivity index (χ1n) is 14.3. The normalized spacial score (nSPS) is 11.8. The summed E-state index contributed by atoms with van der Waals surface area (Å²) in [5, 5.41) is 0. The molecule has 0 amide bonds. The second kappa shape index (κ2) is 19.5. The zero-order valence-electron chi connectivity index (χ0n) is 23.1. The van der Waals surface area contributed by atoms with Crippen molar-refractivity contribution in [3.05, 3.63) is 28.8 Å². The summed E-state index contributed by atoms with van der Waals surface area (Å²) in [5.41, 5.74) is 4.15. The van der Waals surface area contributed by atoms with Crippen molar-refractivity contribution in [3.63, 3.8) is 0 Å². The molecule has 3 nitrogen and oxygen atoms in total. The quantitative estimate of drug-likeness (QED) is 0.132. The van der Waals surface area contributed by atoms with Crippen LogP contribution >= 0.6 is 8.60 Å². The summed E-state index contributed by atoms with van der Waals surface area (Å²) in [4.78, 5) is 19.2. The topological polar surface area (TPSA) is 49.7 Å². The summed E-state index contributed by atoms with van der Waals surface area (Å²) in [6.45, 7) is 11.5. The number of hydrogen-bond donors (Lipinski definition) is 2.